The van der Waals surface area contributed by atoms with Gasteiger partial charge in [-0.3, -0.25) is 0 Å². The molecular formula is C14H25N3O2. The lowest BCUT2D eigenvalue weighted by molar-refractivity contribution is -0.182. The Morgan fingerprint density at radius 2 is 2.00 bits per heavy atom. The zero-order valence-electron chi connectivity index (χ0n) is 12.0. The van der Waals surface area contributed by atoms with E-state index in [2.05, 4.69) is 18.7 Å². The first-order valence-electron chi connectivity index (χ1n) is 7.38. The molecule has 1 saturated carbocycles. The highest BCUT2D eigenvalue weighted by Crippen LogP contribution is 2.53. The van der Waals surface area contributed by atoms with Gasteiger partial charge < -0.3 is 20.1 Å². The molecule has 3 rings (SSSR count). The van der Waals surface area contributed by atoms with Gasteiger partial charge in [-0.2, -0.15) is 0 Å². The second-order valence-electron chi connectivity index (χ2n) is 6.45. The lowest BCUT2D eigenvalue weighted by Gasteiger charge is -2.58. The molecule has 5 heteroatoms. The maximum Gasteiger partial charge on any atom is 0.191 e. The molecule has 3 aliphatic rings. The summed E-state index contributed by atoms with van der Waals surface area (Å²) >= 11 is 0. The zero-order chi connectivity index (χ0) is 13.5. The largest absolute Gasteiger partial charge is 0.378 e. The van der Waals surface area contributed by atoms with Crippen molar-refractivity contribution in [3.05, 3.63) is 0 Å². The zero-order valence-corrected chi connectivity index (χ0v) is 12.0. The summed E-state index contributed by atoms with van der Waals surface area (Å²) in [5, 5.41) is 0. The van der Waals surface area contributed by atoms with Gasteiger partial charge in [0.2, 0.25) is 0 Å². The van der Waals surface area contributed by atoms with Crippen molar-refractivity contribution in [1.82, 2.24) is 4.90 Å². The third-order valence-corrected chi connectivity index (χ3v) is 4.88. The summed E-state index contributed by atoms with van der Waals surface area (Å²) in [5.41, 5.74) is 6.29. The van der Waals surface area contributed by atoms with Crippen LogP contribution in [-0.4, -0.2) is 55.9 Å². The Morgan fingerprint density at radius 3 is 2.74 bits per heavy atom. The van der Waals surface area contributed by atoms with Gasteiger partial charge in [-0.15, -0.1) is 0 Å². The van der Waals surface area contributed by atoms with E-state index in [0.29, 0.717) is 24.0 Å². The summed E-state index contributed by atoms with van der Waals surface area (Å²) in [5.74, 6) is 1.24. The summed E-state index contributed by atoms with van der Waals surface area (Å²) in [6.07, 6.45) is 2.74. The Bertz CT molecular complexity index is 364. The first-order chi connectivity index (χ1) is 9.10. The van der Waals surface area contributed by atoms with E-state index in [-0.39, 0.29) is 5.41 Å². The SMILES string of the molecule is CC1(C)C(N=C(N)N2CCOCC2)C2CCCOC21. The molecule has 2 aliphatic heterocycles. The predicted octanol–water partition coefficient (Wildman–Crippen LogP) is 0.837. The van der Waals surface area contributed by atoms with Crippen LogP contribution in [0.25, 0.3) is 0 Å². The molecule has 5 nitrogen and oxygen atoms in total. The van der Waals surface area contributed by atoms with Gasteiger partial charge in [0.15, 0.2) is 5.96 Å². The molecule has 0 spiro atoms. The summed E-state index contributed by atoms with van der Waals surface area (Å²) in [6, 6.07) is 0.306. The van der Waals surface area contributed by atoms with Crippen molar-refractivity contribution in [2.24, 2.45) is 22.1 Å². The first-order valence-corrected chi connectivity index (χ1v) is 7.38. The summed E-state index contributed by atoms with van der Waals surface area (Å²) in [7, 11) is 0. The normalized spacial score (nSPS) is 38.5. The van der Waals surface area contributed by atoms with Gasteiger partial charge >= 0.3 is 0 Å². The van der Waals surface area contributed by atoms with Crippen molar-refractivity contribution >= 4 is 5.96 Å². The molecule has 2 N–H and O–H groups in total. The van der Waals surface area contributed by atoms with Crippen LogP contribution in [0.15, 0.2) is 4.99 Å². The number of aliphatic imine (C=N–C) groups is 1. The maximum atomic E-state index is 6.18. The number of guanidine groups is 1. The van der Waals surface area contributed by atoms with Gasteiger partial charge in [-0.25, -0.2) is 4.99 Å². The fraction of sp³-hybridized carbons (Fsp3) is 0.929. The molecule has 3 fully saturated rings. The Kier molecular flexibility index (Phi) is 3.43. The Balaban J connectivity index is 1.70. The van der Waals surface area contributed by atoms with E-state index in [1.165, 1.54) is 6.42 Å². The summed E-state index contributed by atoms with van der Waals surface area (Å²) < 4.78 is 11.3. The van der Waals surface area contributed by atoms with Gasteiger partial charge in [-0.05, 0) is 12.8 Å². The highest BCUT2D eigenvalue weighted by atomic mass is 16.5. The minimum absolute atomic E-state index is 0.113. The second kappa shape index (κ2) is 4.94. The van der Waals surface area contributed by atoms with Crippen LogP contribution in [0.1, 0.15) is 26.7 Å². The van der Waals surface area contributed by atoms with Crippen molar-refractivity contribution in [2.45, 2.75) is 38.8 Å². The van der Waals surface area contributed by atoms with Gasteiger partial charge in [0.05, 0.1) is 25.4 Å². The fourth-order valence-corrected chi connectivity index (χ4v) is 3.77. The summed E-state index contributed by atoms with van der Waals surface area (Å²) in [4.78, 5) is 6.96. The first kappa shape index (κ1) is 13.2. The number of nitrogens with zero attached hydrogens (tertiary/aromatic N) is 2. The van der Waals surface area contributed by atoms with Crippen LogP contribution in [0.2, 0.25) is 0 Å². The van der Waals surface area contributed by atoms with E-state index in [0.717, 1.165) is 39.3 Å². The van der Waals surface area contributed by atoms with Crippen LogP contribution >= 0.6 is 0 Å². The van der Waals surface area contributed by atoms with Crippen LogP contribution in [0, 0.1) is 11.3 Å². The fourth-order valence-electron chi connectivity index (χ4n) is 3.77. The Hall–Kier alpha value is -0.810. The number of rotatable bonds is 1. The minimum Gasteiger partial charge on any atom is -0.378 e. The topological polar surface area (TPSA) is 60.1 Å². The van der Waals surface area contributed by atoms with Crippen LogP contribution in [-0.2, 0) is 9.47 Å². The molecule has 0 aromatic carbocycles. The summed E-state index contributed by atoms with van der Waals surface area (Å²) in [6.45, 7) is 8.61. The van der Waals surface area contributed by atoms with E-state index in [9.17, 15) is 0 Å². The Labute approximate surface area is 115 Å². The predicted molar refractivity (Wildman–Crippen MR) is 74.0 cm³/mol. The van der Waals surface area contributed by atoms with Gasteiger partial charge in [0, 0.05) is 31.0 Å². The number of ether oxygens (including phenoxy) is 2. The van der Waals surface area contributed by atoms with E-state index < -0.39 is 0 Å². The van der Waals surface area contributed by atoms with Crippen molar-refractivity contribution in [3.8, 4) is 0 Å². The molecule has 0 aromatic heterocycles. The number of hydrogen-bond acceptors (Lipinski definition) is 3. The van der Waals surface area contributed by atoms with E-state index in [1.807, 2.05) is 0 Å². The molecule has 19 heavy (non-hydrogen) atoms. The second-order valence-corrected chi connectivity index (χ2v) is 6.45. The monoisotopic (exact) mass is 267 g/mol. The molecule has 3 atom stereocenters. The molecule has 0 radical (unpaired) electrons. The quantitative estimate of drug-likeness (QED) is 0.565. The number of hydrogen-bond donors (Lipinski definition) is 1. The average Bonchev–Trinajstić information content (AvgIpc) is 2.45. The van der Waals surface area contributed by atoms with Crippen LogP contribution < -0.4 is 5.73 Å². The highest BCUT2D eigenvalue weighted by molar-refractivity contribution is 5.78. The van der Waals surface area contributed by atoms with Gasteiger partial charge in [-0.1, -0.05) is 13.8 Å². The van der Waals surface area contributed by atoms with Crippen LogP contribution in [0.5, 0.6) is 0 Å². The van der Waals surface area contributed by atoms with Gasteiger partial charge in [0.25, 0.3) is 0 Å². The molecule has 2 saturated heterocycles. The van der Waals surface area contributed by atoms with E-state index >= 15 is 0 Å². The van der Waals surface area contributed by atoms with Crippen molar-refractivity contribution in [1.29, 1.82) is 0 Å². The van der Waals surface area contributed by atoms with E-state index in [1.54, 1.807) is 0 Å². The lowest BCUT2D eigenvalue weighted by Crippen LogP contribution is -2.64. The van der Waals surface area contributed by atoms with Crippen molar-refractivity contribution in [2.75, 3.05) is 32.9 Å². The van der Waals surface area contributed by atoms with Crippen LogP contribution in [0.3, 0.4) is 0 Å². The third-order valence-electron chi connectivity index (χ3n) is 4.88. The van der Waals surface area contributed by atoms with Crippen molar-refractivity contribution in [3.63, 3.8) is 0 Å². The Morgan fingerprint density at radius 1 is 1.26 bits per heavy atom. The highest BCUT2D eigenvalue weighted by Gasteiger charge is 2.58. The van der Waals surface area contributed by atoms with Crippen molar-refractivity contribution < 1.29 is 9.47 Å². The van der Waals surface area contributed by atoms with Crippen LogP contribution in [0.4, 0.5) is 0 Å². The molecule has 0 amide bonds. The molecule has 3 unspecified atom stereocenters. The maximum absolute atomic E-state index is 6.18. The molecular weight excluding hydrogens is 242 g/mol. The molecule has 1 aliphatic carbocycles. The average molecular weight is 267 g/mol. The molecule has 2 heterocycles. The lowest BCUT2D eigenvalue weighted by atomic mass is 9.55. The standard InChI is InChI=1S/C14H25N3O2/c1-14(2)11(10-4-3-7-19-12(10)14)16-13(15)17-5-8-18-9-6-17/h10-12H,3-9H2,1-2H3,(H2,15,16). The molecule has 0 aromatic rings. The number of morpholine rings is 1. The minimum atomic E-state index is 0.113. The molecule has 108 valence electrons. The number of nitrogens with two attached hydrogens (primary N) is 1. The third kappa shape index (κ3) is 2.23. The van der Waals surface area contributed by atoms with Gasteiger partial charge in [0.1, 0.15) is 0 Å². The smallest absolute Gasteiger partial charge is 0.191 e. The molecule has 0 bridgehead atoms. The van der Waals surface area contributed by atoms with E-state index in [4.69, 9.17) is 20.2 Å². The number of fused-ring (bicyclic) bond motifs is 1.